The first-order valence-electron chi connectivity index (χ1n) is 15.3. The average molecular weight is 604 g/mol. The SMILES string of the molecule is Cc1c(C)c(-c2cc(-c3c(C)c(C)c(NC=O)c(C)c3C)cc(-c3c(C)c(C)c(NC=O)c(C)c3C)c2)c(C)c(C)c1NC=O. The lowest BCUT2D eigenvalue weighted by atomic mass is 9.81. The number of rotatable bonds is 9. The van der Waals surface area contributed by atoms with Gasteiger partial charge in [0.2, 0.25) is 19.2 Å². The molecule has 0 unspecified atom stereocenters. The summed E-state index contributed by atoms with van der Waals surface area (Å²) in [5.74, 6) is 0. The van der Waals surface area contributed by atoms with Gasteiger partial charge in [-0.05, 0) is 201 Å². The third-order valence-corrected chi connectivity index (χ3v) is 10.3. The molecule has 0 aliphatic heterocycles. The van der Waals surface area contributed by atoms with E-state index in [-0.39, 0.29) is 0 Å². The van der Waals surface area contributed by atoms with Gasteiger partial charge in [-0.15, -0.1) is 0 Å². The molecule has 234 valence electrons. The van der Waals surface area contributed by atoms with E-state index in [0.717, 1.165) is 136 Å². The summed E-state index contributed by atoms with van der Waals surface area (Å²) in [6.45, 7) is 25.1. The summed E-state index contributed by atoms with van der Waals surface area (Å²) in [4.78, 5) is 34.4. The molecule has 0 spiro atoms. The summed E-state index contributed by atoms with van der Waals surface area (Å²) in [5.41, 5.74) is 22.2. The monoisotopic (exact) mass is 603 g/mol. The summed E-state index contributed by atoms with van der Waals surface area (Å²) >= 11 is 0. The maximum Gasteiger partial charge on any atom is 0.211 e. The Morgan fingerprint density at radius 2 is 0.511 bits per heavy atom. The number of hydrogen-bond acceptors (Lipinski definition) is 3. The predicted octanol–water partition coefficient (Wildman–Crippen LogP) is 9.09. The van der Waals surface area contributed by atoms with Crippen LogP contribution >= 0.6 is 0 Å². The van der Waals surface area contributed by atoms with Crippen molar-refractivity contribution in [3.63, 3.8) is 0 Å². The second kappa shape index (κ2) is 12.7. The first-order chi connectivity index (χ1) is 21.2. The van der Waals surface area contributed by atoms with E-state index in [9.17, 15) is 14.4 Å². The van der Waals surface area contributed by atoms with E-state index in [0.29, 0.717) is 0 Å². The molecule has 0 aliphatic carbocycles. The number of anilines is 3. The van der Waals surface area contributed by atoms with E-state index >= 15 is 0 Å². The molecule has 4 rings (SSSR count). The quantitative estimate of drug-likeness (QED) is 0.167. The average Bonchev–Trinajstić information content (AvgIpc) is 3.01. The zero-order valence-corrected chi connectivity index (χ0v) is 28.7. The molecule has 0 bridgehead atoms. The van der Waals surface area contributed by atoms with Gasteiger partial charge >= 0.3 is 0 Å². The second-order valence-corrected chi connectivity index (χ2v) is 12.3. The molecule has 6 nitrogen and oxygen atoms in total. The van der Waals surface area contributed by atoms with Crippen LogP contribution in [-0.2, 0) is 14.4 Å². The molecule has 0 radical (unpaired) electrons. The number of carbonyl (C=O) groups is 3. The number of carbonyl (C=O) groups excluding carboxylic acids is 3. The van der Waals surface area contributed by atoms with Gasteiger partial charge in [0.1, 0.15) is 0 Å². The van der Waals surface area contributed by atoms with Crippen molar-refractivity contribution in [1.29, 1.82) is 0 Å². The second-order valence-electron chi connectivity index (χ2n) is 12.3. The fourth-order valence-electron chi connectivity index (χ4n) is 7.12. The molecule has 0 aromatic heterocycles. The minimum Gasteiger partial charge on any atom is -0.328 e. The van der Waals surface area contributed by atoms with Crippen molar-refractivity contribution >= 4 is 36.3 Å². The third-order valence-electron chi connectivity index (χ3n) is 10.3. The highest BCUT2D eigenvalue weighted by Crippen LogP contribution is 2.45. The Hall–Kier alpha value is -4.71. The van der Waals surface area contributed by atoms with Crippen molar-refractivity contribution in [3.8, 4) is 33.4 Å². The van der Waals surface area contributed by atoms with Crippen molar-refractivity contribution in [2.24, 2.45) is 0 Å². The molecule has 4 aromatic carbocycles. The zero-order valence-electron chi connectivity index (χ0n) is 28.7. The number of amides is 3. The van der Waals surface area contributed by atoms with E-state index in [1.54, 1.807) is 0 Å². The smallest absolute Gasteiger partial charge is 0.211 e. The predicted molar refractivity (Wildman–Crippen MR) is 189 cm³/mol. The molecule has 6 heteroatoms. The molecular formula is C39H45N3O3. The molecule has 4 aromatic rings. The van der Waals surface area contributed by atoms with E-state index < -0.39 is 0 Å². The number of nitrogens with one attached hydrogen (secondary N) is 3. The highest BCUT2D eigenvalue weighted by molar-refractivity contribution is 5.92. The van der Waals surface area contributed by atoms with Crippen molar-refractivity contribution in [2.45, 2.75) is 83.1 Å². The fraction of sp³-hybridized carbons (Fsp3) is 0.308. The van der Waals surface area contributed by atoms with Gasteiger partial charge in [-0.3, -0.25) is 14.4 Å². The van der Waals surface area contributed by atoms with Crippen molar-refractivity contribution < 1.29 is 14.4 Å². The summed E-state index contributed by atoms with van der Waals surface area (Å²) in [6.07, 6.45) is 2.22. The Labute approximate surface area is 267 Å². The minimum absolute atomic E-state index is 0.741. The summed E-state index contributed by atoms with van der Waals surface area (Å²) in [7, 11) is 0. The minimum atomic E-state index is 0.741. The van der Waals surface area contributed by atoms with Gasteiger partial charge in [0, 0.05) is 17.1 Å². The van der Waals surface area contributed by atoms with Crippen molar-refractivity contribution in [3.05, 3.63) is 85.0 Å². The molecule has 0 saturated heterocycles. The van der Waals surface area contributed by atoms with Gasteiger partial charge in [0.15, 0.2) is 0 Å². The Morgan fingerprint density at radius 1 is 0.333 bits per heavy atom. The molecule has 3 amide bonds. The van der Waals surface area contributed by atoms with Gasteiger partial charge in [-0.1, -0.05) is 0 Å². The fourth-order valence-corrected chi connectivity index (χ4v) is 7.12. The van der Waals surface area contributed by atoms with Crippen LogP contribution in [0.1, 0.15) is 66.8 Å². The molecule has 0 heterocycles. The lowest BCUT2D eigenvalue weighted by molar-refractivity contribution is -0.106. The van der Waals surface area contributed by atoms with Crippen LogP contribution in [0.5, 0.6) is 0 Å². The normalized spacial score (nSPS) is 10.9. The van der Waals surface area contributed by atoms with E-state index in [1.807, 2.05) is 0 Å². The molecule has 0 saturated carbocycles. The highest BCUT2D eigenvalue weighted by atomic mass is 16.1. The topological polar surface area (TPSA) is 87.3 Å². The first-order valence-corrected chi connectivity index (χ1v) is 15.3. The first kappa shape index (κ1) is 33.2. The largest absolute Gasteiger partial charge is 0.328 e. The van der Waals surface area contributed by atoms with E-state index in [1.165, 1.54) is 0 Å². The van der Waals surface area contributed by atoms with Gasteiger partial charge in [-0.2, -0.15) is 0 Å². The maximum absolute atomic E-state index is 11.5. The zero-order chi connectivity index (χ0) is 33.5. The van der Waals surface area contributed by atoms with Crippen LogP contribution in [-0.4, -0.2) is 19.2 Å². The Morgan fingerprint density at radius 3 is 0.667 bits per heavy atom. The molecular weight excluding hydrogens is 558 g/mol. The number of hydrogen-bond donors (Lipinski definition) is 3. The van der Waals surface area contributed by atoms with Crippen molar-refractivity contribution in [2.75, 3.05) is 16.0 Å². The van der Waals surface area contributed by atoms with Gasteiger partial charge < -0.3 is 16.0 Å². The van der Waals surface area contributed by atoms with Crippen LogP contribution in [0.25, 0.3) is 33.4 Å². The van der Waals surface area contributed by atoms with Crippen molar-refractivity contribution in [1.82, 2.24) is 0 Å². The van der Waals surface area contributed by atoms with Crippen LogP contribution in [0, 0.1) is 83.1 Å². The Balaban J connectivity index is 2.20. The molecule has 0 fully saturated rings. The molecule has 0 atom stereocenters. The maximum atomic E-state index is 11.5. The summed E-state index contributed by atoms with van der Waals surface area (Å²) in [5, 5.41) is 8.77. The summed E-state index contributed by atoms with van der Waals surface area (Å²) < 4.78 is 0. The van der Waals surface area contributed by atoms with E-state index in [4.69, 9.17) is 0 Å². The standard InChI is InChI=1S/C39H45N3O3/c1-19-25(7)37(40-16-43)26(8)20(2)34(19)31-13-32(35-21(3)27(9)38(41-17-44)28(10)22(35)4)15-33(14-31)36-23(5)29(11)39(42-18-45)30(12)24(36)6/h13-18H,1-12H3,(H,40,43)(H,41,44)(H,42,45). The third kappa shape index (κ3) is 5.43. The van der Waals surface area contributed by atoms with Crippen LogP contribution < -0.4 is 16.0 Å². The lowest BCUT2D eigenvalue weighted by Gasteiger charge is -2.25. The van der Waals surface area contributed by atoms with Gasteiger partial charge in [0.25, 0.3) is 0 Å². The van der Waals surface area contributed by atoms with Crippen LogP contribution in [0.15, 0.2) is 18.2 Å². The van der Waals surface area contributed by atoms with Crippen LogP contribution in [0.4, 0.5) is 17.1 Å². The number of benzene rings is 4. The lowest BCUT2D eigenvalue weighted by Crippen LogP contribution is -2.07. The molecule has 3 N–H and O–H groups in total. The highest BCUT2D eigenvalue weighted by Gasteiger charge is 2.23. The molecule has 0 aliphatic rings. The Kier molecular flexibility index (Phi) is 9.38. The summed E-state index contributed by atoms with van der Waals surface area (Å²) in [6, 6.07) is 6.83. The van der Waals surface area contributed by atoms with Crippen LogP contribution in [0.3, 0.4) is 0 Å². The van der Waals surface area contributed by atoms with E-state index in [2.05, 4.69) is 117 Å². The van der Waals surface area contributed by atoms with Gasteiger partial charge in [-0.25, -0.2) is 0 Å². The van der Waals surface area contributed by atoms with Gasteiger partial charge in [0.05, 0.1) is 0 Å². The molecule has 45 heavy (non-hydrogen) atoms. The Bertz CT molecular complexity index is 1580. The van der Waals surface area contributed by atoms with Crippen LogP contribution in [0.2, 0.25) is 0 Å².